The van der Waals surface area contributed by atoms with Gasteiger partial charge in [-0.3, -0.25) is 0 Å². The van der Waals surface area contributed by atoms with Crippen molar-refractivity contribution in [2.75, 3.05) is 18.0 Å². The third-order valence-electron chi connectivity index (χ3n) is 3.51. The van der Waals surface area contributed by atoms with Crippen molar-refractivity contribution < 1.29 is 0 Å². The van der Waals surface area contributed by atoms with Gasteiger partial charge >= 0.3 is 0 Å². The highest BCUT2D eigenvalue weighted by atomic mass is 15.3. The van der Waals surface area contributed by atoms with Gasteiger partial charge in [0.2, 0.25) is 0 Å². The lowest BCUT2D eigenvalue weighted by atomic mass is 9.89. The summed E-state index contributed by atoms with van der Waals surface area (Å²) in [6.45, 7) is 6.69. The van der Waals surface area contributed by atoms with Gasteiger partial charge in [-0.1, -0.05) is 13.8 Å². The summed E-state index contributed by atoms with van der Waals surface area (Å²) in [6.07, 6.45) is 3.80. The van der Waals surface area contributed by atoms with Crippen molar-refractivity contribution in [2.24, 2.45) is 11.8 Å². The Kier molecular flexibility index (Phi) is 4.14. The van der Waals surface area contributed by atoms with E-state index in [9.17, 15) is 0 Å². The van der Waals surface area contributed by atoms with Crippen LogP contribution in [0.2, 0.25) is 0 Å². The Morgan fingerprint density at radius 2 is 2.06 bits per heavy atom. The van der Waals surface area contributed by atoms with Crippen LogP contribution >= 0.6 is 0 Å². The molecule has 0 atom stereocenters. The minimum atomic E-state index is 0.383. The van der Waals surface area contributed by atoms with Crippen LogP contribution in [0.25, 0.3) is 0 Å². The summed E-state index contributed by atoms with van der Waals surface area (Å²) in [6, 6.07) is 5.63. The number of anilines is 1. The molecule has 0 spiro atoms. The van der Waals surface area contributed by atoms with E-state index >= 15 is 0 Å². The molecule has 2 heterocycles. The second kappa shape index (κ2) is 5.81. The first-order chi connectivity index (χ1) is 8.69. The van der Waals surface area contributed by atoms with E-state index in [-0.39, 0.29) is 0 Å². The number of nitrogens with zero attached hydrogens (tertiary/aromatic N) is 4. The maximum Gasteiger partial charge on any atom is 0.163 e. The number of aromatic nitrogens is 2. The molecule has 0 bridgehead atoms. The highest BCUT2D eigenvalue weighted by molar-refractivity contribution is 5.39. The Hall–Kier alpha value is -1.63. The Labute approximate surface area is 109 Å². The summed E-state index contributed by atoms with van der Waals surface area (Å²) in [4.78, 5) is 2.27. The van der Waals surface area contributed by atoms with Crippen LogP contribution in [0.5, 0.6) is 0 Å². The van der Waals surface area contributed by atoms with Gasteiger partial charge in [0.05, 0.1) is 0 Å². The van der Waals surface area contributed by atoms with Crippen LogP contribution < -0.4 is 4.90 Å². The molecule has 96 valence electrons. The van der Waals surface area contributed by atoms with E-state index in [1.54, 1.807) is 6.07 Å². The fraction of sp³-hybridized carbons (Fsp3) is 0.643. The van der Waals surface area contributed by atoms with Crippen LogP contribution in [0.15, 0.2) is 12.1 Å². The molecule has 1 aromatic heterocycles. The Balaban J connectivity index is 1.91. The van der Waals surface area contributed by atoms with Gasteiger partial charge in [0.15, 0.2) is 11.5 Å². The number of hydrogen-bond acceptors (Lipinski definition) is 4. The second-order valence-electron chi connectivity index (χ2n) is 5.45. The average Bonchev–Trinajstić information content (AvgIpc) is 2.39. The lowest BCUT2D eigenvalue weighted by Gasteiger charge is -2.33. The van der Waals surface area contributed by atoms with Crippen LogP contribution in [0.3, 0.4) is 0 Å². The summed E-state index contributed by atoms with van der Waals surface area (Å²) < 4.78 is 0. The van der Waals surface area contributed by atoms with Crippen molar-refractivity contribution >= 4 is 5.82 Å². The molecule has 1 aliphatic heterocycles. The van der Waals surface area contributed by atoms with E-state index in [1.807, 2.05) is 12.1 Å². The fourth-order valence-corrected chi connectivity index (χ4v) is 2.62. The van der Waals surface area contributed by atoms with Crippen LogP contribution in [0.4, 0.5) is 5.82 Å². The van der Waals surface area contributed by atoms with Gasteiger partial charge in [-0.15, -0.1) is 10.2 Å². The summed E-state index contributed by atoms with van der Waals surface area (Å²) in [5.41, 5.74) is 0.383. The number of rotatable bonds is 3. The van der Waals surface area contributed by atoms with Crippen molar-refractivity contribution in [2.45, 2.75) is 33.1 Å². The van der Waals surface area contributed by atoms with Crippen LogP contribution in [-0.4, -0.2) is 23.3 Å². The molecule has 0 radical (unpaired) electrons. The first-order valence-corrected chi connectivity index (χ1v) is 6.68. The third-order valence-corrected chi connectivity index (χ3v) is 3.51. The number of nitriles is 1. The van der Waals surface area contributed by atoms with Crippen molar-refractivity contribution in [3.8, 4) is 6.07 Å². The molecule has 0 unspecified atom stereocenters. The molecule has 4 nitrogen and oxygen atoms in total. The Bertz CT molecular complexity index is 410. The molecule has 0 aliphatic carbocycles. The second-order valence-corrected chi connectivity index (χ2v) is 5.45. The molecule has 0 N–H and O–H groups in total. The van der Waals surface area contributed by atoms with E-state index < -0.39 is 0 Å². The molecule has 2 rings (SSSR count). The lowest BCUT2D eigenvalue weighted by molar-refractivity contribution is 0.337. The van der Waals surface area contributed by atoms with Gasteiger partial charge in [-0.05, 0) is 43.2 Å². The van der Waals surface area contributed by atoms with Gasteiger partial charge in [-0.2, -0.15) is 5.26 Å². The zero-order chi connectivity index (χ0) is 13.0. The van der Waals surface area contributed by atoms with Gasteiger partial charge < -0.3 is 4.90 Å². The SMILES string of the molecule is CC(C)CC1CCN(c2ccc(C#N)nn2)CC1. The summed E-state index contributed by atoms with van der Waals surface area (Å²) in [7, 11) is 0. The standard InChI is InChI=1S/C14H20N4/c1-11(2)9-12-5-7-18(8-6-12)14-4-3-13(10-15)16-17-14/h3-4,11-12H,5-9H2,1-2H3. The van der Waals surface area contributed by atoms with Gasteiger partial charge in [0.25, 0.3) is 0 Å². The zero-order valence-electron chi connectivity index (χ0n) is 11.1. The predicted octanol–water partition coefficient (Wildman–Crippen LogP) is 2.61. The summed E-state index contributed by atoms with van der Waals surface area (Å²) >= 11 is 0. The minimum absolute atomic E-state index is 0.383. The summed E-state index contributed by atoms with van der Waals surface area (Å²) in [5, 5.41) is 16.7. The van der Waals surface area contributed by atoms with E-state index in [1.165, 1.54) is 19.3 Å². The molecule has 0 amide bonds. The van der Waals surface area contributed by atoms with Crippen molar-refractivity contribution in [3.05, 3.63) is 17.8 Å². The average molecular weight is 244 g/mol. The Morgan fingerprint density at radius 3 is 2.56 bits per heavy atom. The molecular formula is C14H20N4. The molecule has 4 heteroatoms. The predicted molar refractivity (Wildman–Crippen MR) is 71.1 cm³/mol. The van der Waals surface area contributed by atoms with Gasteiger partial charge in [0, 0.05) is 13.1 Å². The molecule has 18 heavy (non-hydrogen) atoms. The molecule has 1 fully saturated rings. The first kappa shape index (κ1) is 12.8. The van der Waals surface area contributed by atoms with Crippen molar-refractivity contribution in [3.63, 3.8) is 0 Å². The van der Waals surface area contributed by atoms with Gasteiger partial charge in [0.1, 0.15) is 6.07 Å². The topological polar surface area (TPSA) is 52.8 Å². The van der Waals surface area contributed by atoms with Crippen LogP contribution in [0.1, 0.15) is 38.8 Å². The highest BCUT2D eigenvalue weighted by Gasteiger charge is 2.20. The Morgan fingerprint density at radius 1 is 1.33 bits per heavy atom. The third kappa shape index (κ3) is 3.19. The van der Waals surface area contributed by atoms with E-state index in [0.29, 0.717) is 5.69 Å². The lowest BCUT2D eigenvalue weighted by Crippen LogP contribution is -2.34. The van der Waals surface area contributed by atoms with E-state index in [4.69, 9.17) is 5.26 Å². The quantitative estimate of drug-likeness (QED) is 0.820. The van der Waals surface area contributed by atoms with Crippen LogP contribution in [0, 0.1) is 23.2 Å². The normalized spacial score (nSPS) is 16.9. The molecule has 0 aromatic carbocycles. The largest absolute Gasteiger partial charge is 0.355 e. The molecule has 1 aliphatic rings. The fourth-order valence-electron chi connectivity index (χ4n) is 2.62. The molecule has 0 saturated carbocycles. The summed E-state index contributed by atoms with van der Waals surface area (Å²) in [5.74, 6) is 2.54. The van der Waals surface area contributed by atoms with Crippen molar-refractivity contribution in [1.82, 2.24) is 10.2 Å². The minimum Gasteiger partial charge on any atom is -0.355 e. The maximum atomic E-state index is 8.69. The zero-order valence-corrected chi connectivity index (χ0v) is 11.1. The molecule has 1 aromatic rings. The number of hydrogen-bond donors (Lipinski definition) is 0. The smallest absolute Gasteiger partial charge is 0.163 e. The van der Waals surface area contributed by atoms with Crippen LogP contribution in [-0.2, 0) is 0 Å². The molecule has 1 saturated heterocycles. The maximum absolute atomic E-state index is 8.69. The highest BCUT2D eigenvalue weighted by Crippen LogP contribution is 2.26. The van der Waals surface area contributed by atoms with Crippen molar-refractivity contribution in [1.29, 1.82) is 5.26 Å². The monoisotopic (exact) mass is 244 g/mol. The van der Waals surface area contributed by atoms with E-state index in [0.717, 1.165) is 30.7 Å². The molecular weight excluding hydrogens is 224 g/mol. The number of piperidine rings is 1. The van der Waals surface area contributed by atoms with Gasteiger partial charge in [-0.25, -0.2) is 0 Å². The first-order valence-electron chi connectivity index (χ1n) is 6.68. The van der Waals surface area contributed by atoms with E-state index in [2.05, 4.69) is 28.9 Å².